The van der Waals surface area contributed by atoms with Crippen molar-refractivity contribution in [3.8, 4) is 0 Å². The molecule has 0 aliphatic rings. The maximum Gasteiger partial charge on any atom is 0.306 e. The number of rotatable bonds is 72. The van der Waals surface area contributed by atoms with Gasteiger partial charge in [0, 0.05) is 12.8 Å². The molecule has 0 spiro atoms. The average Bonchev–Trinajstić information content (AvgIpc) is 1.07. The lowest BCUT2D eigenvalue weighted by molar-refractivity contribution is -0.870. The number of ether oxygens (including phenoxy) is 2. The fraction of sp³-hybridized carbons (Fsp3) is 0.622. The molecule has 0 saturated carbocycles. The highest BCUT2D eigenvalue weighted by Crippen LogP contribution is 2.38. The molecule has 0 aliphatic carbocycles. The lowest BCUT2D eigenvalue weighted by Gasteiger charge is -2.28. The summed E-state index contributed by atoms with van der Waals surface area (Å²) in [6, 6.07) is 0. The highest BCUT2D eigenvalue weighted by atomic mass is 31.2. The molecule has 0 amide bonds. The maximum absolute atomic E-state index is 12.9. The third-order valence-electron chi connectivity index (χ3n) is 16.6. The van der Waals surface area contributed by atoms with Gasteiger partial charge in [0.25, 0.3) is 7.82 Å². The van der Waals surface area contributed by atoms with Crippen LogP contribution >= 0.6 is 7.82 Å². The number of nitrogens with zero attached hydrogens (tertiary/aromatic N) is 1. The Labute approximate surface area is 615 Å². The molecule has 2 atom stereocenters. The second-order valence-corrected chi connectivity index (χ2v) is 28.7. The van der Waals surface area contributed by atoms with Gasteiger partial charge in [-0.1, -0.05) is 350 Å². The van der Waals surface area contributed by atoms with Crippen LogP contribution in [0, 0.1) is 0 Å². The topological polar surface area (TPSA) is 111 Å². The minimum Gasteiger partial charge on any atom is -0.756 e. The van der Waals surface area contributed by atoms with Gasteiger partial charge in [-0.3, -0.25) is 14.2 Å². The molecule has 0 aromatic heterocycles. The van der Waals surface area contributed by atoms with Crippen molar-refractivity contribution in [2.24, 2.45) is 0 Å². The number of phosphoric ester groups is 1. The SMILES string of the molecule is CC/C=C\C/C=C\C/C=C\C/C=C\C/C=C\C/C=C\C/C=C\C/C=C\C/C=C\CCCCCCCCCCCCCC(=O)OC(COC(=O)CCCCCCCCCCCCCCCCC/C=C\C/C=C\C/C=C\C/C=C\C/C=C\C/C=C\C/C=C\CC)COP(=O)([O-])OCC[N+](C)(C)C. The Morgan fingerprint density at radius 3 is 0.800 bits per heavy atom. The Hall–Kier alpha value is -5.15. The molecule has 0 bridgehead atoms. The molecule has 0 rings (SSSR count). The highest BCUT2D eigenvalue weighted by Gasteiger charge is 2.22. The summed E-state index contributed by atoms with van der Waals surface area (Å²) in [6.07, 6.45) is 121. The smallest absolute Gasteiger partial charge is 0.306 e. The predicted octanol–water partition coefficient (Wildman–Crippen LogP) is 26.5. The number of carbonyl (C=O) groups is 2. The van der Waals surface area contributed by atoms with Crippen LogP contribution in [-0.4, -0.2) is 70.0 Å². The first kappa shape index (κ1) is 94.8. The van der Waals surface area contributed by atoms with Crippen LogP contribution in [0.2, 0.25) is 0 Å². The zero-order valence-corrected chi connectivity index (χ0v) is 65.5. The Balaban J connectivity index is 4.05. The van der Waals surface area contributed by atoms with Gasteiger partial charge in [-0.05, 0) is 141 Å². The van der Waals surface area contributed by atoms with E-state index in [-0.39, 0.29) is 32.0 Å². The summed E-state index contributed by atoms with van der Waals surface area (Å²) in [5.41, 5.74) is 0. The highest BCUT2D eigenvalue weighted by molar-refractivity contribution is 7.45. The van der Waals surface area contributed by atoms with Crippen LogP contribution in [0.25, 0.3) is 0 Å². The number of carbonyl (C=O) groups excluding carboxylic acids is 2. The van der Waals surface area contributed by atoms with Crippen LogP contribution in [0.15, 0.2) is 194 Å². The first-order chi connectivity index (χ1) is 49.0. The number of phosphoric acid groups is 1. The van der Waals surface area contributed by atoms with E-state index >= 15 is 0 Å². The molecule has 10 heteroatoms. The third-order valence-corrected chi connectivity index (χ3v) is 17.6. The van der Waals surface area contributed by atoms with Crippen molar-refractivity contribution < 1.29 is 42.1 Å². The minimum atomic E-state index is -4.66. The van der Waals surface area contributed by atoms with Gasteiger partial charge in [0.2, 0.25) is 0 Å². The predicted molar refractivity (Wildman–Crippen MR) is 433 cm³/mol. The summed E-state index contributed by atoms with van der Waals surface area (Å²) in [4.78, 5) is 38.2. The van der Waals surface area contributed by atoms with Crippen LogP contribution in [0.5, 0.6) is 0 Å². The Morgan fingerprint density at radius 2 is 0.540 bits per heavy atom. The fourth-order valence-electron chi connectivity index (χ4n) is 10.6. The summed E-state index contributed by atoms with van der Waals surface area (Å²) >= 11 is 0. The van der Waals surface area contributed by atoms with Crippen molar-refractivity contribution >= 4 is 19.8 Å². The largest absolute Gasteiger partial charge is 0.756 e. The number of esters is 2. The van der Waals surface area contributed by atoms with Gasteiger partial charge >= 0.3 is 11.9 Å². The van der Waals surface area contributed by atoms with Gasteiger partial charge in [0.15, 0.2) is 6.10 Å². The van der Waals surface area contributed by atoms with Crippen molar-refractivity contribution in [2.45, 2.75) is 315 Å². The zero-order valence-electron chi connectivity index (χ0n) is 64.6. The van der Waals surface area contributed by atoms with Crippen molar-refractivity contribution in [3.05, 3.63) is 194 Å². The minimum absolute atomic E-state index is 0.0391. The Kier molecular flexibility index (Phi) is 74.0. The van der Waals surface area contributed by atoms with E-state index in [0.717, 1.165) is 148 Å². The van der Waals surface area contributed by atoms with Crippen LogP contribution in [0.3, 0.4) is 0 Å². The zero-order chi connectivity index (χ0) is 72.5. The van der Waals surface area contributed by atoms with Gasteiger partial charge in [-0.15, -0.1) is 0 Å². The monoisotopic (exact) mass is 1400 g/mol. The summed E-state index contributed by atoms with van der Waals surface area (Å²) in [6.45, 7) is 4.01. The molecule has 0 aromatic carbocycles. The molecule has 100 heavy (non-hydrogen) atoms. The second-order valence-electron chi connectivity index (χ2n) is 27.3. The molecule has 0 saturated heterocycles. The summed E-state index contributed by atoms with van der Waals surface area (Å²) in [7, 11) is 1.15. The molecular formula is C90H148NO8P. The van der Waals surface area contributed by atoms with Gasteiger partial charge in [0.05, 0.1) is 27.7 Å². The van der Waals surface area contributed by atoms with Crippen molar-refractivity contribution in [2.75, 3.05) is 47.5 Å². The number of hydrogen-bond acceptors (Lipinski definition) is 8. The van der Waals surface area contributed by atoms with Crippen LogP contribution < -0.4 is 4.89 Å². The normalized spacial score (nSPS) is 14.1. The molecule has 0 N–H and O–H groups in total. The molecule has 0 heterocycles. The van der Waals surface area contributed by atoms with Crippen molar-refractivity contribution in [3.63, 3.8) is 0 Å². The number of allylic oxidation sites excluding steroid dienone is 32. The summed E-state index contributed by atoms with van der Waals surface area (Å²) in [5.74, 6) is -0.840. The molecule has 0 fully saturated rings. The third kappa shape index (κ3) is 81.8. The molecule has 0 aliphatic heterocycles. The standard InChI is InChI=1S/C90H148NO8P/c1-6-8-10-12-14-16-18-20-22-24-26-28-30-32-34-36-38-40-42-44-45-47-49-51-53-55-57-59-61-63-65-67-69-71-73-75-77-79-81-83-90(93)99-88(87-98-100(94,95)97-85-84-91(3,4)5)86-96-89(92)82-80-78-76-74-72-70-68-66-64-62-60-58-56-54-52-50-48-46-43-41-39-37-35-33-31-29-27-25-23-21-19-17-15-13-11-9-7-2/h8-11,14-17,20-23,26-29,32-35,38-41,44-46,48-49,51,55,57,88H,6-7,12-13,18-19,24-25,30-31,36-37,42-43,47,50,52-54,56,58-87H2,1-5H3/b10-8-,11-9-,16-14-,17-15-,22-20-,23-21-,28-26-,29-27-,34-32-,35-33-,40-38-,41-39-,45-44-,48-46-,51-49-,57-55-. The number of quaternary nitrogens is 1. The van der Waals surface area contributed by atoms with E-state index in [2.05, 4.69) is 208 Å². The van der Waals surface area contributed by atoms with Gasteiger partial charge in [0.1, 0.15) is 19.8 Å². The van der Waals surface area contributed by atoms with Gasteiger partial charge in [-0.2, -0.15) is 0 Å². The molecule has 566 valence electrons. The van der Waals surface area contributed by atoms with E-state index in [1.54, 1.807) is 0 Å². The van der Waals surface area contributed by atoms with Crippen LogP contribution in [0.1, 0.15) is 309 Å². The van der Waals surface area contributed by atoms with E-state index in [4.69, 9.17) is 18.5 Å². The summed E-state index contributed by atoms with van der Waals surface area (Å²) in [5, 5.41) is 0. The lowest BCUT2D eigenvalue weighted by Crippen LogP contribution is -2.37. The number of unbranched alkanes of at least 4 members (excludes halogenated alkanes) is 26. The fourth-order valence-corrected chi connectivity index (χ4v) is 11.3. The first-order valence-corrected chi connectivity index (χ1v) is 41.6. The first-order valence-electron chi connectivity index (χ1n) is 40.1. The van der Waals surface area contributed by atoms with Crippen LogP contribution in [0.4, 0.5) is 0 Å². The van der Waals surface area contributed by atoms with E-state index in [1.165, 1.54) is 128 Å². The van der Waals surface area contributed by atoms with Crippen LogP contribution in [-0.2, 0) is 32.7 Å². The number of likely N-dealkylation sites (N-methyl/N-ethyl adjacent to an activating group) is 1. The van der Waals surface area contributed by atoms with E-state index < -0.39 is 26.5 Å². The maximum atomic E-state index is 12.9. The second kappa shape index (κ2) is 78.0. The molecule has 9 nitrogen and oxygen atoms in total. The quantitative estimate of drug-likeness (QED) is 0.0195. The van der Waals surface area contributed by atoms with Gasteiger partial charge < -0.3 is 27.9 Å². The average molecular weight is 1400 g/mol. The van der Waals surface area contributed by atoms with Crippen molar-refractivity contribution in [1.29, 1.82) is 0 Å². The molecule has 0 radical (unpaired) electrons. The molecule has 0 aromatic rings. The molecular weight excluding hydrogens is 1250 g/mol. The van der Waals surface area contributed by atoms with Gasteiger partial charge in [-0.25, -0.2) is 0 Å². The lowest BCUT2D eigenvalue weighted by atomic mass is 10.0. The Bertz CT molecular complexity index is 2400. The molecule has 2 unspecified atom stereocenters. The van der Waals surface area contributed by atoms with E-state index in [0.29, 0.717) is 17.4 Å². The number of hydrogen-bond donors (Lipinski definition) is 0. The Morgan fingerprint density at radius 1 is 0.310 bits per heavy atom. The van der Waals surface area contributed by atoms with E-state index in [9.17, 15) is 19.0 Å². The van der Waals surface area contributed by atoms with E-state index in [1.807, 2.05) is 21.1 Å². The van der Waals surface area contributed by atoms with Crippen molar-refractivity contribution in [1.82, 2.24) is 0 Å². The summed E-state index contributed by atoms with van der Waals surface area (Å²) < 4.78 is 34.4.